The maximum atomic E-state index is 3.83. The average molecular weight is 264 g/mol. The van der Waals surface area contributed by atoms with Crippen LogP contribution in [0.25, 0.3) is 5.69 Å². The summed E-state index contributed by atoms with van der Waals surface area (Å²) in [6.45, 7) is 2.95. The first-order valence-electron chi connectivity index (χ1n) is 6.56. The molecule has 0 fully saturated rings. The number of aryl methyl sites for hydroxylation is 1. The minimum atomic E-state index is 0.818. The number of rotatable bonds is 4. The molecule has 20 heavy (non-hydrogen) atoms. The summed E-state index contributed by atoms with van der Waals surface area (Å²) in [5.41, 5.74) is 4.74. The molecule has 0 bridgehead atoms. The third-order valence-corrected chi connectivity index (χ3v) is 3.31. The Morgan fingerprint density at radius 1 is 1.00 bits per heavy atom. The maximum absolute atomic E-state index is 3.83. The third-order valence-electron chi connectivity index (χ3n) is 3.31. The van der Waals surface area contributed by atoms with Gasteiger partial charge >= 0.3 is 0 Å². The van der Waals surface area contributed by atoms with Crippen molar-refractivity contribution < 1.29 is 0 Å². The molecular formula is C16H16N4. The second kappa shape index (κ2) is 5.57. The van der Waals surface area contributed by atoms with E-state index in [1.54, 1.807) is 12.7 Å². The van der Waals surface area contributed by atoms with Crippen molar-refractivity contribution in [3.63, 3.8) is 0 Å². The highest BCUT2D eigenvalue weighted by Crippen LogP contribution is 2.16. The number of anilines is 1. The van der Waals surface area contributed by atoms with E-state index in [0.29, 0.717) is 0 Å². The normalized spacial score (nSPS) is 10.4. The Balaban J connectivity index is 1.75. The molecule has 0 saturated heterocycles. The van der Waals surface area contributed by atoms with Gasteiger partial charge < -0.3 is 5.32 Å². The Labute approximate surface area is 118 Å². The molecule has 100 valence electrons. The first-order valence-corrected chi connectivity index (χ1v) is 6.56. The van der Waals surface area contributed by atoms with Gasteiger partial charge in [0.25, 0.3) is 0 Å². The van der Waals surface area contributed by atoms with Gasteiger partial charge in [0, 0.05) is 12.2 Å². The van der Waals surface area contributed by atoms with E-state index in [1.165, 1.54) is 11.1 Å². The highest BCUT2D eigenvalue weighted by molar-refractivity contribution is 5.51. The van der Waals surface area contributed by atoms with Crippen molar-refractivity contribution in [2.24, 2.45) is 0 Å². The third kappa shape index (κ3) is 2.69. The average Bonchev–Trinajstić information content (AvgIpc) is 3.01. The predicted octanol–water partition coefficient (Wildman–Crippen LogP) is 3.19. The fourth-order valence-corrected chi connectivity index (χ4v) is 2.12. The number of hydrogen-bond acceptors (Lipinski definition) is 3. The highest BCUT2D eigenvalue weighted by atomic mass is 15.2. The van der Waals surface area contributed by atoms with Crippen molar-refractivity contribution in [3.8, 4) is 5.69 Å². The standard InChI is InChI=1S/C16H16N4/c1-13-5-2-3-6-14(13)10-17-15-7-4-8-16(9-15)20-11-18-19-12-20/h2-9,11-12,17H,10H2,1H3. The molecule has 1 N–H and O–H groups in total. The molecule has 0 atom stereocenters. The second-order valence-corrected chi connectivity index (χ2v) is 4.70. The molecule has 2 aromatic carbocycles. The van der Waals surface area contributed by atoms with Crippen LogP contribution >= 0.6 is 0 Å². The fraction of sp³-hybridized carbons (Fsp3) is 0.125. The Morgan fingerprint density at radius 2 is 1.80 bits per heavy atom. The minimum Gasteiger partial charge on any atom is -0.381 e. The van der Waals surface area contributed by atoms with Crippen LogP contribution in [0.1, 0.15) is 11.1 Å². The summed E-state index contributed by atoms with van der Waals surface area (Å²) in [4.78, 5) is 0. The largest absolute Gasteiger partial charge is 0.381 e. The number of nitrogens with zero attached hydrogens (tertiary/aromatic N) is 3. The molecule has 0 radical (unpaired) electrons. The lowest BCUT2D eigenvalue weighted by Gasteiger charge is -2.10. The Hall–Kier alpha value is -2.62. The zero-order chi connectivity index (χ0) is 13.8. The molecule has 4 heteroatoms. The molecule has 3 aromatic rings. The predicted molar refractivity (Wildman–Crippen MR) is 79.9 cm³/mol. The van der Waals surface area contributed by atoms with Crippen molar-refractivity contribution in [3.05, 3.63) is 72.3 Å². The molecular weight excluding hydrogens is 248 g/mol. The summed E-state index contributed by atoms with van der Waals surface area (Å²) in [7, 11) is 0. The van der Waals surface area contributed by atoms with Crippen LogP contribution in [0.2, 0.25) is 0 Å². The topological polar surface area (TPSA) is 42.7 Å². The second-order valence-electron chi connectivity index (χ2n) is 4.70. The fourth-order valence-electron chi connectivity index (χ4n) is 2.12. The molecule has 1 heterocycles. The van der Waals surface area contributed by atoms with Crippen LogP contribution in [-0.4, -0.2) is 14.8 Å². The summed E-state index contributed by atoms with van der Waals surface area (Å²) < 4.78 is 1.89. The van der Waals surface area contributed by atoms with E-state index in [1.807, 2.05) is 16.7 Å². The zero-order valence-corrected chi connectivity index (χ0v) is 11.3. The first-order chi connectivity index (χ1) is 9.83. The Bertz CT molecular complexity index is 689. The van der Waals surface area contributed by atoms with E-state index in [-0.39, 0.29) is 0 Å². The smallest absolute Gasteiger partial charge is 0.123 e. The van der Waals surface area contributed by atoms with Crippen LogP contribution in [0.15, 0.2) is 61.2 Å². The molecule has 0 aliphatic heterocycles. The van der Waals surface area contributed by atoms with Gasteiger partial charge in [-0.25, -0.2) is 0 Å². The first kappa shape index (κ1) is 12.4. The van der Waals surface area contributed by atoms with Gasteiger partial charge in [0.05, 0.1) is 5.69 Å². The minimum absolute atomic E-state index is 0.818. The van der Waals surface area contributed by atoms with Gasteiger partial charge in [-0.1, -0.05) is 30.3 Å². The molecule has 0 aliphatic carbocycles. The van der Waals surface area contributed by atoms with Crippen LogP contribution in [0.5, 0.6) is 0 Å². The van der Waals surface area contributed by atoms with Gasteiger partial charge in [-0.15, -0.1) is 10.2 Å². The number of nitrogens with one attached hydrogen (secondary N) is 1. The Morgan fingerprint density at radius 3 is 2.60 bits per heavy atom. The summed E-state index contributed by atoms with van der Waals surface area (Å²) in [5.74, 6) is 0. The molecule has 0 saturated carbocycles. The van der Waals surface area contributed by atoms with Crippen LogP contribution < -0.4 is 5.32 Å². The summed E-state index contributed by atoms with van der Waals surface area (Å²) in [5, 5.41) is 11.1. The number of aromatic nitrogens is 3. The van der Waals surface area contributed by atoms with Crippen LogP contribution in [0.4, 0.5) is 5.69 Å². The van der Waals surface area contributed by atoms with Crippen molar-refractivity contribution >= 4 is 5.69 Å². The van der Waals surface area contributed by atoms with E-state index in [2.05, 4.69) is 58.8 Å². The number of benzene rings is 2. The molecule has 4 nitrogen and oxygen atoms in total. The highest BCUT2D eigenvalue weighted by Gasteiger charge is 2.00. The maximum Gasteiger partial charge on any atom is 0.123 e. The summed E-state index contributed by atoms with van der Waals surface area (Å²) in [6.07, 6.45) is 3.39. The van der Waals surface area contributed by atoms with Crippen molar-refractivity contribution in [1.82, 2.24) is 14.8 Å². The zero-order valence-electron chi connectivity index (χ0n) is 11.3. The van der Waals surface area contributed by atoms with E-state index in [9.17, 15) is 0 Å². The van der Waals surface area contributed by atoms with Crippen molar-refractivity contribution in [1.29, 1.82) is 0 Å². The molecule has 0 spiro atoms. The van der Waals surface area contributed by atoms with Crippen molar-refractivity contribution in [2.75, 3.05) is 5.32 Å². The Kier molecular flexibility index (Phi) is 3.46. The van der Waals surface area contributed by atoms with Crippen LogP contribution in [-0.2, 0) is 6.54 Å². The van der Waals surface area contributed by atoms with E-state index in [4.69, 9.17) is 0 Å². The van der Waals surface area contributed by atoms with E-state index >= 15 is 0 Å². The van der Waals surface area contributed by atoms with Gasteiger partial charge in [0.1, 0.15) is 12.7 Å². The van der Waals surface area contributed by atoms with Gasteiger partial charge in [-0.2, -0.15) is 0 Å². The molecule has 0 aliphatic rings. The lowest BCUT2D eigenvalue weighted by atomic mass is 10.1. The van der Waals surface area contributed by atoms with Gasteiger partial charge in [0.2, 0.25) is 0 Å². The monoisotopic (exact) mass is 264 g/mol. The van der Waals surface area contributed by atoms with Crippen LogP contribution in [0, 0.1) is 6.92 Å². The molecule has 0 amide bonds. The molecule has 0 unspecified atom stereocenters. The molecule has 1 aromatic heterocycles. The summed E-state index contributed by atoms with van der Waals surface area (Å²) in [6, 6.07) is 16.6. The molecule has 3 rings (SSSR count). The SMILES string of the molecule is Cc1ccccc1CNc1cccc(-n2cnnc2)c1. The lowest BCUT2D eigenvalue weighted by molar-refractivity contribution is 1.05. The van der Waals surface area contributed by atoms with Gasteiger partial charge in [-0.3, -0.25) is 4.57 Å². The van der Waals surface area contributed by atoms with Gasteiger partial charge in [0.15, 0.2) is 0 Å². The van der Waals surface area contributed by atoms with Crippen LogP contribution in [0.3, 0.4) is 0 Å². The summed E-state index contributed by atoms with van der Waals surface area (Å²) >= 11 is 0. The van der Waals surface area contributed by atoms with Gasteiger partial charge in [-0.05, 0) is 36.2 Å². The quantitative estimate of drug-likeness (QED) is 0.787. The number of hydrogen-bond donors (Lipinski definition) is 1. The van der Waals surface area contributed by atoms with E-state index < -0.39 is 0 Å². The van der Waals surface area contributed by atoms with Crippen molar-refractivity contribution in [2.45, 2.75) is 13.5 Å². The van der Waals surface area contributed by atoms with E-state index in [0.717, 1.165) is 17.9 Å². The lowest BCUT2D eigenvalue weighted by Crippen LogP contribution is -2.01.